The normalized spacial score (nSPS) is 10.9. The largest absolute Gasteiger partial charge is 0.368 e. The third-order valence-electron chi connectivity index (χ3n) is 21.4. The van der Waals surface area contributed by atoms with Crippen molar-refractivity contribution in [2.24, 2.45) is 9.98 Å². The van der Waals surface area contributed by atoms with Gasteiger partial charge in [-0.1, -0.05) is 335 Å². The second-order valence-corrected chi connectivity index (χ2v) is 34.0. The van der Waals surface area contributed by atoms with Gasteiger partial charge < -0.3 is 27.0 Å². The molecule has 0 unspecified atom stereocenters. The Morgan fingerprint density at radius 1 is 0.254 bits per heavy atom. The minimum absolute atomic E-state index is 0.0105. The third-order valence-corrected chi connectivity index (χ3v) is 24.1. The van der Waals surface area contributed by atoms with Crippen molar-refractivity contribution < 1.29 is 17.6 Å². The van der Waals surface area contributed by atoms with Crippen LogP contribution in [0.25, 0.3) is 88.6 Å². The highest BCUT2D eigenvalue weighted by Crippen LogP contribution is 2.40. The highest BCUT2D eigenvalue weighted by atomic mass is 35.5. The van der Waals surface area contributed by atoms with Crippen molar-refractivity contribution in [3.05, 3.63) is 453 Å². The zero-order valence-electron chi connectivity index (χ0n) is 71.9. The van der Waals surface area contributed by atoms with Crippen LogP contribution in [0.3, 0.4) is 0 Å². The molecule has 0 amide bonds. The zero-order valence-corrected chi connectivity index (χ0v) is 78.7. The maximum atomic E-state index is 15.0. The van der Waals surface area contributed by atoms with Crippen LogP contribution in [0.1, 0.15) is 44.5 Å². The van der Waals surface area contributed by atoms with Crippen LogP contribution in [0.2, 0.25) is 45.5 Å². The van der Waals surface area contributed by atoms with Crippen LogP contribution in [0.4, 0.5) is 58.7 Å². The van der Waals surface area contributed by atoms with Crippen LogP contribution >= 0.6 is 104 Å². The molecule has 6 N–H and O–H groups in total. The summed E-state index contributed by atoms with van der Waals surface area (Å²) in [4.78, 5) is 60.9. The smallest absolute Gasteiger partial charge is 0.252 e. The summed E-state index contributed by atoms with van der Waals surface area (Å²) in [6, 6.07) is 98.7. The molecule has 0 fully saturated rings. The highest BCUT2D eigenvalue weighted by molar-refractivity contribution is 6.38. The lowest BCUT2D eigenvalue weighted by molar-refractivity contribution is 0.616. The fourth-order valence-electron chi connectivity index (χ4n) is 14.8. The lowest BCUT2D eigenvalue weighted by Crippen LogP contribution is -2.08. The van der Waals surface area contributed by atoms with E-state index in [9.17, 15) is 17.6 Å². The molecule has 8 heterocycles. The quantitative estimate of drug-likeness (QED) is 0.0240. The summed E-state index contributed by atoms with van der Waals surface area (Å²) >= 11 is 57.2. The maximum Gasteiger partial charge on any atom is 0.252 e. The highest BCUT2D eigenvalue weighted by Gasteiger charge is 2.23. The van der Waals surface area contributed by atoms with E-state index in [-0.39, 0.29) is 72.6 Å². The molecule has 680 valence electrons. The summed E-state index contributed by atoms with van der Waals surface area (Å²) in [5, 5.41) is 19.9. The minimum Gasteiger partial charge on any atom is -0.368 e. The van der Waals surface area contributed by atoms with Crippen molar-refractivity contribution in [3.8, 4) is 45.0 Å². The molecule has 12 aromatic carbocycles. The van der Waals surface area contributed by atoms with Crippen molar-refractivity contribution in [1.29, 1.82) is 0 Å². The SMILES string of the molecule is Fc1cnc(Cl)nc1NCc1cc2cccc(Cl)c2nc1-c1ccccc1Cl.Fc1cnc(N=C(c2ccccc2)c2ccccc2)nc1NCc1cc2cccc(Cl)c2nc1-c1ccccc1Cl.Fc1cnc(N=C(c2ccccc2)c2ccccc2)nc1NCc1cc2cccc(Cl)c2nc1-c1ccccc1Cl.Nc1ncc(F)c(NCc2cc3cccc(Cl)c3nc2-c2ccccc2Cl)n1. The number of nitrogen functional groups attached to an aromatic ring is 1. The van der Waals surface area contributed by atoms with Gasteiger partial charge in [0.15, 0.2) is 46.5 Å². The van der Waals surface area contributed by atoms with Crippen molar-refractivity contribution in [3.63, 3.8) is 0 Å². The maximum absolute atomic E-state index is 15.0. The number of anilines is 5. The van der Waals surface area contributed by atoms with Crippen LogP contribution in [-0.4, -0.2) is 71.2 Å². The fourth-order valence-corrected chi connectivity index (χ4v) is 16.8. The second-order valence-electron chi connectivity index (χ2n) is 30.4. The summed E-state index contributed by atoms with van der Waals surface area (Å²) in [6.07, 6.45) is 4.29. The second kappa shape index (κ2) is 44.4. The van der Waals surface area contributed by atoms with Crippen molar-refractivity contribution in [2.75, 3.05) is 27.0 Å². The van der Waals surface area contributed by atoms with Crippen LogP contribution in [-0.2, 0) is 26.2 Å². The average molecular weight is 2000 g/mol. The van der Waals surface area contributed by atoms with E-state index in [2.05, 4.69) is 61.1 Å². The topological polar surface area (TPSA) is 254 Å². The van der Waals surface area contributed by atoms with Crippen LogP contribution in [0.15, 0.2) is 350 Å². The van der Waals surface area contributed by atoms with E-state index in [4.69, 9.17) is 140 Å². The first-order valence-electron chi connectivity index (χ1n) is 42.4. The number of aromatic nitrogens is 12. The molecule has 8 aromatic heterocycles. The monoisotopic (exact) mass is 2000 g/mol. The van der Waals surface area contributed by atoms with E-state index in [1.807, 2.05) is 267 Å². The number of fused-ring (bicyclic) bond motifs is 4. The molecular formula is C106H70Cl9F4N19. The summed E-state index contributed by atoms with van der Waals surface area (Å²) in [7, 11) is 0. The number of rotatable bonds is 22. The Bertz CT molecular complexity index is 7410. The molecule has 32 heteroatoms. The Balaban J connectivity index is 0.000000129. The van der Waals surface area contributed by atoms with Crippen LogP contribution in [0, 0.1) is 23.3 Å². The molecule has 0 aliphatic heterocycles. The summed E-state index contributed by atoms with van der Waals surface area (Å²) in [5.74, 6) is -2.06. The van der Waals surface area contributed by atoms with E-state index in [1.165, 1.54) is 0 Å². The van der Waals surface area contributed by atoms with Gasteiger partial charge in [0.2, 0.25) is 11.2 Å². The van der Waals surface area contributed by atoms with Gasteiger partial charge in [0.25, 0.3) is 11.9 Å². The average Bonchev–Trinajstić information content (AvgIpc) is 0.788. The van der Waals surface area contributed by atoms with E-state index in [0.717, 1.165) is 113 Å². The fraction of sp³-hybridized carbons (Fsp3) is 0.0377. The van der Waals surface area contributed by atoms with E-state index >= 15 is 0 Å². The Morgan fingerprint density at radius 3 is 0.775 bits per heavy atom. The zero-order chi connectivity index (χ0) is 95.7. The number of aliphatic imine (C=N–C) groups is 2. The third kappa shape index (κ3) is 22.8. The van der Waals surface area contributed by atoms with Crippen molar-refractivity contribution in [1.82, 2.24) is 59.8 Å². The molecule has 20 rings (SSSR count). The first kappa shape index (κ1) is 95.0. The molecule has 0 radical (unpaired) electrons. The van der Waals surface area contributed by atoms with Crippen LogP contribution in [0.5, 0.6) is 0 Å². The van der Waals surface area contributed by atoms with Gasteiger partial charge in [0, 0.05) is 112 Å². The molecule has 138 heavy (non-hydrogen) atoms. The Morgan fingerprint density at radius 2 is 0.493 bits per heavy atom. The van der Waals surface area contributed by atoms with Gasteiger partial charge >= 0.3 is 0 Å². The van der Waals surface area contributed by atoms with Gasteiger partial charge in [-0.2, -0.15) is 19.9 Å². The number of benzene rings is 12. The molecule has 0 saturated heterocycles. The number of nitrogens with zero attached hydrogens (tertiary/aromatic N) is 14. The first-order valence-corrected chi connectivity index (χ1v) is 45.8. The lowest BCUT2D eigenvalue weighted by Gasteiger charge is -2.14. The Kier molecular flexibility index (Phi) is 30.6. The van der Waals surface area contributed by atoms with Gasteiger partial charge in [0.1, 0.15) is 0 Å². The molecular weight excluding hydrogens is 1930 g/mol. The summed E-state index contributed by atoms with van der Waals surface area (Å²) < 4.78 is 57.9. The van der Waals surface area contributed by atoms with Gasteiger partial charge in [-0.15, -0.1) is 0 Å². The Labute approximate surface area is 833 Å². The minimum atomic E-state index is -0.597. The number of nitrogens with one attached hydrogen (secondary N) is 4. The summed E-state index contributed by atoms with van der Waals surface area (Å²) in [6.45, 7) is 0.943. The van der Waals surface area contributed by atoms with Crippen molar-refractivity contribution >= 4 is 201 Å². The van der Waals surface area contributed by atoms with Gasteiger partial charge in [-0.05, 0) is 107 Å². The molecule has 0 saturated carbocycles. The molecule has 0 spiro atoms. The van der Waals surface area contributed by atoms with Gasteiger partial charge in [-0.25, -0.2) is 67.4 Å². The molecule has 0 aliphatic rings. The van der Waals surface area contributed by atoms with Crippen molar-refractivity contribution in [2.45, 2.75) is 26.2 Å². The van der Waals surface area contributed by atoms with Gasteiger partial charge in [0.05, 0.1) is 101 Å². The number of hydrogen-bond donors (Lipinski definition) is 5. The molecule has 20 aromatic rings. The van der Waals surface area contributed by atoms with E-state index in [0.29, 0.717) is 96.4 Å². The number of para-hydroxylation sites is 4. The number of hydrogen-bond acceptors (Lipinski definition) is 19. The first-order chi connectivity index (χ1) is 67.2. The molecule has 0 aliphatic carbocycles. The van der Waals surface area contributed by atoms with Crippen LogP contribution < -0.4 is 27.0 Å². The van der Waals surface area contributed by atoms with E-state index < -0.39 is 23.3 Å². The molecule has 0 bridgehead atoms. The standard InChI is InChI=1S/2C33H22Cl2FN5.C20H12Cl3FN4.C20H14Cl2FN5/c2*34-26-16-8-7-15-25(26)30-24(18-23-14-9-17-27(35)31(23)39-30)19-37-32-28(36)20-38-33(41-32)40-29(21-10-3-1-4-11-21)22-12-5-2-6-13-22;21-14-6-2-1-5-13(14)17-12(8-11-4-3-7-15(22)18(11)27-17)9-25-19-16(24)10-26-20(23)28-19;21-14-6-2-1-5-13(14)17-12(8-11-4-3-7-15(22)18(11)27-17)9-25-19-16(23)10-26-20(24)28-19/h2*1-18,20H,19H2,(H,37,38,41);1-8,10H,9H2,(H,25,26,28);1-8,10H,9H2,(H3,24,25,26,28). The predicted octanol–water partition coefficient (Wildman–Crippen LogP) is 29.6. The molecule has 19 nitrogen and oxygen atoms in total. The molecule has 0 atom stereocenters. The van der Waals surface area contributed by atoms with E-state index in [1.54, 1.807) is 48.5 Å². The lowest BCUT2D eigenvalue weighted by atomic mass is 10.0. The van der Waals surface area contributed by atoms with Gasteiger partial charge in [-0.3, -0.25) is 0 Å². The summed E-state index contributed by atoms with van der Waals surface area (Å²) in [5.41, 5.74) is 21.9. The number of pyridine rings is 4. The predicted molar refractivity (Wildman–Crippen MR) is 552 cm³/mol. The number of halogens is 13. The Hall–Kier alpha value is -14.7. The number of nitrogens with two attached hydrogens (primary N) is 1.